The Morgan fingerprint density at radius 1 is 1.14 bits per heavy atom. The zero-order valence-electron chi connectivity index (χ0n) is 12.2. The third-order valence-corrected chi connectivity index (χ3v) is 4.91. The molecule has 0 aromatic heterocycles. The highest BCUT2D eigenvalue weighted by atomic mass is 127. The number of para-hydroxylation sites is 1. The van der Waals surface area contributed by atoms with Crippen LogP contribution in [0.3, 0.4) is 0 Å². The summed E-state index contributed by atoms with van der Waals surface area (Å²) in [6.07, 6.45) is 0. The van der Waals surface area contributed by atoms with E-state index in [9.17, 15) is 0 Å². The van der Waals surface area contributed by atoms with Crippen LogP contribution in [0.25, 0.3) is 0 Å². The SMILES string of the molecule is CCOc1ccccc1CNC(C)c1ccc(I)cc1I. The van der Waals surface area contributed by atoms with Gasteiger partial charge in [0.15, 0.2) is 0 Å². The van der Waals surface area contributed by atoms with Gasteiger partial charge in [-0.05, 0) is 82.8 Å². The molecule has 0 heterocycles. The Morgan fingerprint density at radius 2 is 1.90 bits per heavy atom. The van der Waals surface area contributed by atoms with Crippen LogP contribution in [0, 0.1) is 7.14 Å². The highest BCUT2D eigenvalue weighted by molar-refractivity contribution is 14.1. The zero-order valence-corrected chi connectivity index (χ0v) is 16.5. The summed E-state index contributed by atoms with van der Waals surface area (Å²) in [6, 6.07) is 15.1. The minimum Gasteiger partial charge on any atom is -0.494 e. The minimum atomic E-state index is 0.309. The second-order valence-electron chi connectivity index (χ2n) is 4.81. The third kappa shape index (κ3) is 4.82. The van der Waals surface area contributed by atoms with E-state index in [1.165, 1.54) is 18.3 Å². The first-order valence-electron chi connectivity index (χ1n) is 7.01. The van der Waals surface area contributed by atoms with Crippen LogP contribution in [0.15, 0.2) is 42.5 Å². The second kappa shape index (κ2) is 8.33. The van der Waals surface area contributed by atoms with E-state index in [-0.39, 0.29) is 0 Å². The topological polar surface area (TPSA) is 21.3 Å². The summed E-state index contributed by atoms with van der Waals surface area (Å²) in [5.74, 6) is 0.969. The monoisotopic (exact) mass is 507 g/mol. The van der Waals surface area contributed by atoms with Crippen molar-refractivity contribution < 1.29 is 4.74 Å². The van der Waals surface area contributed by atoms with Crippen molar-refractivity contribution in [3.63, 3.8) is 0 Å². The molecule has 0 bridgehead atoms. The fourth-order valence-electron chi connectivity index (χ4n) is 2.17. The molecule has 0 radical (unpaired) electrons. The lowest BCUT2D eigenvalue weighted by molar-refractivity contribution is 0.335. The zero-order chi connectivity index (χ0) is 15.2. The number of hydrogen-bond acceptors (Lipinski definition) is 2. The summed E-state index contributed by atoms with van der Waals surface area (Å²) in [4.78, 5) is 0. The van der Waals surface area contributed by atoms with Gasteiger partial charge in [0.2, 0.25) is 0 Å². The average Bonchev–Trinajstić information content (AvgIpc) is 2.46. The lowest BCUT2D eigenvalue weighted by atomic mass is 10.1. The predicted molar refractivity (Wildman–Crippen MR) is 105 cm³/mol. The van der Waals surface area contributed by atoms with Crippen LogP contribution < -0.4 is 10.1 Å². The second-order valence-corrected chi connectivity index (χ2v) is 7.22. The van der Waals surface area contributed by atoms with E-state index in [0.717, 1.165) is 12.3 Å². The van der Waals surface area contributed by atoms with Gasteiger partial charge in [-0.3, -0.25) is 0 Å². The number of benzene rings is 2. The van der Waals surface area contributed by atoms with Gasteiger partial charge in [-0.15, -0.1) is 0 Å². The van der Waals surface area contributed by atoms with Crippen LogP contribution in [0.5, 0.6) is 5.75 Å². The summed E-state index contributed by atoms with van der Waals surface area (Å²) < 4.78 is 8.25. The maximum atomic E-state index is 5.67. The first-order chi connectivity index (χ1) is 10.1. The molecule has 0 fully saturated rings. The molecule has 2 aromatic rings. The quantitative estimate of drug-likeness (QED) is 0.547. The van der Waals surface area contributed by atoms with E-state index >= 15 is 0 Å². The van der Waals surface area contributed by atoms with E-state index in [2.05, 4.69) is 87.8 Å². The molecule has 0 aliphatic heterocycles. The first-order valence-corrected chi connectivity index (χ1v) is 9.16. The van der Waals surface area contributed by atoms with Crippen LogP contribution >= 0.6 is 45.2 Å². The predicted octanol–water partition coefficient (Wildman–Crippen LogP) is 5.15. The average molecular weight is 507 g/mol. The summed E-state index contributed by atoms with van der Waals surface area (Å²) in [5, 5.41) is 3.59. The summed E-state index contributed by atoms with van der Waals surface area (Å²) >= 11 is 4.75. The molecule has 0 amide bonds. The fourth-order valence-corrected chi connectivity index (χ4v) is 4.24. The number of hydrogen-bond donors (Lipinski definition) is 1. The number of ether oxygens (including phenoxy) is 1. The molecular formula is C17H19I2NO. The molecule has 4 heteroatoms. The smallest absolute Gasteiger partial charge is 0.123 e. The summed E-state index contributed by atoms with van der Waals surface area (Å²) in [7, 11) is 0. The Balaban J connectivity index is 2.05. The molecule has 1 atom stereocenters. The molecule has 112 valence electrons. The van der Waals surface area contributed by atoms with Gasteiger partial charge < -0.3 is 10.1 Å². The Kier molecular flexibility index (Phi) is 6.75. The molecule has 1 N–H and O–H groups in total. The molecule has 21 heavy (non-hydrogen) atoms. The standard InChI is InChI=1S/C17H19I2NO/c1-3-21-17-7-5-4-6-13(17)11-20-12(2)15-9-8-14(18)10-16(15)19/h4-10,12,20H,3,11H2,1-2H3. The fraction of sp³-hybridized carbons (Fsp3) is 0.294. The molecular weight excluding hydrogens is 488 g/mol. The van der Waals surface area contributed by atoms with Crippen LogP contribution in [-0.4, -0.2) is 6.61 Å². The van der Waals surface area contributed by atoms with Gasteiger partial charge in [0.25, 0.3) is 0 Å². The molecule has 0 saturated carbocycles. The highest BCUT2D eigenvalue weighted by Gasteiger charge is 2.10. The normalized spacial score (nSPS) is 12.2. The van der Waals surface area contributed by atoms with E-state index in [4.69, 9.17) is 4.74 Å². The first kappa shape index (κ1) is 17.0. The van der Waals surface area contributed by atoms with Gasteiger partial charge in [-0.2, -0.15) is 0 Å². The Bertz CT molecular complexity index is 601. The van der Waals surface area contributed by atoms with Crippen molar-refractivity contribution in [1.82, 2.24) is 5.32 Å². The van der Waals surface area contributed by atoms with Crippen molar-refractivity contribution in [2.75, 3.05) is 6.61 Å². The van der Waals surface area contributed by atoms with Crippen molar-refractivity contribution in [3.05, 3.63) is 60.7 Å². The van der Waals surface area contributed by atoms with Crippen LogP contribution in [0.1, 0.15) is 31.0 Å². The molecule has 0 aliphatic carbocycles. The maximum Gasteiger partial charge on any atom is 0.123 e. The molecule has 0 saturated heterocycles. The molecule has 2 nitrogen and oxygen atoms in total. The van der Waals surface area contributed by atoms with Gasteiger partial charge in [0, 0.05) is 25.3 Å². The third-order valence-electron chi connectivity index (χ3n) is 3.30. The summed E-state index contributed by atoms with van der Waals surface area (Å²) in [6.45, 7) is 5.72. The van der Waals surface area contributed by atoms with Crippen LogP contribution in [-0.2, 0) is 6.54 Å². The lowest BCUT2D eigenvalue weighted by Gasteiger charge is -2.17. The molecule has 2 rings (SSSR count). The summed E-state index contributed by atoms with van der Waals surface area (Å²) in [5.41, 5.74) is 2.54. The molecule has 1 unspecified atom stereocenters. The lowest BCUT2D eigenvalue weighted by Crippen LogP contribution is -2.19. The van der Waals surface area contributed by atoms with Gasteiger partial charge in [-0.25, -0.2) is 0 Å². The number of rotatable bonds is 6. The van der Waals surface area contributed by atoms with Gasteiger partial charge in [-0.1, -0.05) is 24.3 Å². The molecule has 0 aliphatic rings. The van der Waals surface area contributed by atoms with Gasteiger partial charge in [0.05, 0.1) is 6.61 Å². The Labute approximate surface area is 154 Å². The van der Waals surface area contributed by atoms with E-state index < -0.39 is 0 Å². The van der Waals surface area contributed by atoms with E-state index in [1.54, 1.807) is 0 Å². The Hall–Kier alpha value is -0.340. The van der Waals surface area contributed by atoms with Crippen molar-refractivity contribution in [2.24, 2.45) is 0 Å². The van der Waals surface area contributed by atoms with Gasteiger partial charge >= 0.3 is 0 Å². The molecule has 2 aromatic carbocycles. The van der Waals surface area contributed by atoms with E-state index in [0.29, 0.717) is 12.6 Å². The molecule has 0 spiro atoms. The van der Waals surface area contributed by atoms with E-state index in [1.807, 2.05) is 19.1 Å². The van der Waals surface area contributed by atoms with Crippen molar-refractivity contribution in [2.45, 2.75) is 26.4 Å². The van der Waals surface area contributed by atoms with Gasteiger partial charge in [0.1, 0.15) is 5.75 Å². The van der Waals surface area contributed by atoms with Crippen LogP contribution in [0.4, 0.5) is 0 Å². The minimum absolute atomic E-state index is 0.309. The Morgan fingerprint density at radius 3 is 2.62 bits per heavy atom. The van der Waals surface area contributed by atoms with Crippen molar-refractivity contribution in [1.29, 1.82) is 0 Å². The number of halogens is 2. The van der Waals surface area contributed by atoms with Crippen LogP contribution in [0.2, 0.25) is 0 Å². The maximum absolute atomic E-state index is 5.67. The largest absolute Gasteiger partial charge is 0.494 e. The highest BCUT2D eigenvalue weighted by Crippen LogP contribution is 2.24. The van der Waals surface area contributed by atoms with Crippen molar-refractivity contribution in [3.8, 4) is 5.75 Å². The van der Waals surface area contributed by atoms with Crippen molar-refractivity contribution >= 4 is 45.2 Å². The number of nitrogens with one attached hydrogen (secondary N) is 1.